The van der Waals surface area contributed by atoms with Crippen molar-refractivity contribution in [1.82, 2.24) is 4.98 Å². The normalized spacial score (nSPS) is 11.9. The van der Waals surface area contributed by atoms with Crippen LogP contribution in [0, 0.1) is 5.41 Å². The van der Waals surface area contributed by atoms with E-state index in [0.717, 1.165) is 5.56 Å². The van der Waals surface area contributed by atoms with Gasteiger partial charge in [-0.25, -0.2) is 0 Å². The summed E-state index contributed by atoms with van der Waals surface area (Å²) < 4.78 is 5.46. The molecule has 0 aliphatic rings. The number of rotatable bonds is 3. The van der Waals surface area contributed by atoms with Gasteiger partial charge in [-0.2, -0.15) is 0 Å². The van der Waals surface area contributed by atoms with Gasteiger partial charge in [0.2, 0.25) is 5.78 Å². The Balaban J connectivity index is 2.40. The minimum absolute atomic E-state index is 0.0871. The van der Waals surface area contributed by atoms with Crippen LogP contribution in [0.5, 0.6) is 5.75 Å². The maximum Gasteiger partial charge on any atom is 0.316 e. The zero-order chi connectivity index (χ0) is 18.8. The average Bonchev–Trinajstić information content (AvgIpc) is 2.53. The van der Waals surface area contributed by atoms with Crippen molar-refractivity contribution in [3.63, 3.8) is 0 Å². The van der Waals surface area contributed by atoms with Crippen molar-refractivity contribution in [2.75, 3.05) is 0 Å². The molecule has 0 fully saturated rings. The molecule has 0 aliphatic heterocycles. The average molecular weight is 339 g/mol. The molecule has 4 nitrogen and oxygen atoms in total. The van der Waals surface area contributed by atoms with E-state index in [9.17, 15) is 9.59 Å². The lowest BCUT2D eigenvalue weighted by Crippen LogP contribution is -2.26. The molecule has 0 amide bonds. The van der Waals surface area contributed by atoms with Gasteiger partial charge in [-0.3, -0.25) is 14.6 Å². The van der Waals surface area contributed by atoms with Gasteiger partial charge >= 0.3 is 5.97 Å². The maximum absolute atomic E-state index is 12.9. The third-order valence-electron chi connectivity index (χ3n) is 3.81. The first-order valence-electron chi connectivity index (χ1n) is 8.33. The Bertz CT molecular complexity index is 795. The first-order valence-corrected chi connectivity index (χ1v) is 8.33. The number of benzene rings is 1. The number of ether oxygens (including phenoxy) is 1. The predicted molar refractivity (Wildman–Crippen MR) is 97.9 cm³/mol. The van der Waals surface area contributed by atoms with Crippen LogP contribution < -0.4 is 4.74 Å². The van der Waals surface area contributed by atoms with E-state index in [0.29, 0.717) is 11.3 Å². The lowest BCUT2D eigenvalue weighted by molar-refractivity contribution is -0.143. The molecule has 0 atom stereocenters. The fourth-order valence-electron chi connectivity index (χ4n) is 2.16. The monoisotopic (exact) mass is 339 g/mol. The topological polar surface area (TPSA) is 56.3 Å². The van der Waals surface area contributed by atoms with Crippen LogP contribution >= 0.6 is 0 Å². The fraction of sp³-hybridized carbons (Fsp3) is 0.381. The molecule has 2 rings (SSSR count). The smallest absolute Gasteiger partial charge is 0.316 e. The molecule has 2 aromatic rings. The van der Waals surface area contributed by atoms with Crippen LogP contribution in [0.1, 0.15) is 63.2 Å². The second-order valence-corrected chi connectivity index (χ2v) is 8.14. The number of hydrogen-bond donors (Lipinski definition) is 0. The van der Waals surface area contributed by atoms with Gasteiger partial charge in [0.15, 0.2) is 0 Å². The summed E-state index contributed by atoms with van der Waals surface area (Å²) in [6.45, 7) is 11.6. The summed E-state index contributed by atoms with van der Waals surface area (Å²) in [5, 5.41) is 0. The number of nitrogens with zero attached hydrogens (tertiary/aromatic N) is 1. The standard InChI is InChI=1S/C21H25NO3/c1-20(2,3)14-11-12-22-16(13-14)18(23)15-9-7-8-10-17(15)25-19(24)21(4,5)6/h7-13H,1-6H3. The second-order valence-electron chi connectivity index (χ2n) is 8.14. The SMILES string of the molecule is CC(C)(C)C(=O)Oc1ccccc1C(=O)c1cc(C(C)(C)C)ccn1. The maximum atomic E-state index is 12.9. The van der Waals surface area contributed by atoms with Gasteiger partial charge in [0.25, 0.3) is 0 Å². The van der Waals surface area contributed by atoms with Gasteiger partial charge < -0.3 is 4.74 Å². The third kappa shape index (κ3) is 4.53. The molecule has 132 valence electrons. The van der Waals surface area contributed by atoms with Crippen LogP contribution in [-0.2, 0) is 10.2 Å². The highest BCUT2D eigenvalue weighted by atomic mass is 16.5. The minimum atomic E-state index is -0.652. The molecule has 1 aromatic heterocycles. The summed E-state index contributed by atoms with van der Waals surface area (Å²) >= 11 is 0. The molecule has 1 heterocycles. The van der Waals surface area contributed by atoms with E-state index >= 15 is 0 Å². The van der Waals surface area contributed by atoms with Crippen molar-refractivity contribution in [1.29, 1.82) is 0 Å². The van der Waals surface area contributed by atoms with E-state index in [1.54, 1.807) is 57.3 Å². The number of aromatic nitrogens is 1. The lowest BCUT2D eigenvalue weighted by Gasteiger charge is -2.19. The van der Waals surface area contributed by atoms with Crippen LogP contribution in [0.3, 0.4) is 0 Å². The molecular formula is C21H25NO3. The van der Waals surface area contributed by atoms with Gasteiger partial charge in [-0.1, -0.05) is 32.9 Å². The number of esters is 1. The third-order valence-corrected chi connectivity index (χ3v) is 3.81. The van der Waals surface area contributed by atoms with Crippen molar-refractivity contribution in [2.24, 2.45) is 5.41 Å². The molecule has 0 saturated carbocycles. The zero-order valence-electron chi connectivity index (χ0n) is 15.7. The number of carbonyl (C=O) groups excluding carboxylic acids is 2. The molecule has 1 aromatic carbocycles. The molecule has 0 aliphatic carbocycles. The summed E-state index contributed by atoms with van der Waals surface area (Å²) in [4.78, 5) is 29.3. The number of pyridine rings is 1. The van der Waals surface area contributed by atoms with E-state index in [4.69, 9.17) is 4.74 Å². The van der Waals surface area contributed by atoms with Crippen LogP contribution in [-0.4, -0.2) is 16.7 Å². The zero-order valence-corrected chi connectivity index (χ0v) is 15.7. The van der Waals surface area contributed by atoms with Gasteiger partial charge in [0, 0.05) is 6.20 Å². The van der Waals surface area contributed by atoms with Crippen molar-refractivity contribution in [2.45, 2.75) is 47.0 Å². The summed E-state index contributed by atoms with van der Waals surface area (Å²) in [7, 11) is 0. The Morgan fingerprint density at radius 1 is 0.960 bits per heavy atom. The highest BCUT2D eigenvalue weighted by Crippen LogP contribution is 2.27. The Morgan fingerprint density at radius 3 is 2.20 bits per heavy atom. The minimum Gasteiger partial charge on any atom is -0.425 e. The molecular weight excluding hydrogens is 314 g/mol. The number of carbonyl (C=O) groups is 2. The summed E-state index contributed by atoms with van der Waals surface area (Å²) in [5.74, 6) is -0.386. The van der Waals surface area contributed by atoms with Gasteiger partial charge in [0.05, 0.1) is 11.0 Å². The highest BCUT2D eigenvalue weighted by molar-refractivity contribution is 6.10. The van der Waals surface area contributed by atoms with Crippen LogP contribution in [0.15, 0.2) is 42.6 Å². The molecule has 0 unspecified atom stereocenters. The summed E-state index contributed by atoms with van der Waals surface area (Å²) in [6, 6.07) is 10.5. The Morgan fingerprint density at radius 2 is 1.60 bits per heavy atom. The number of hydrogen-bond acceptors (Lipinski definition) is 4. The Kier molecular flexibility index (Phi) is 5.12. The molecule has 4 heteroatoms. The first-order chi connectivity index (χ1) is 11.5. The molecule has 0 N–H and O–H groups in total. The van der Waals surface area contributed by atoms with Gasteiger partial charge in [0.1, 0.15) is 11.4 Å². The summed E-state index contributed by atoms with van der Waals surface area (Å²) in [6.07, 6.45) is 1.64. The second kappa shape index (κ2) is 6.79. The first kappa shape index (κ1) is 18.8. The van der Waals surface area contributed by atoms with Gasteiger partial charge in [-0.15, -0.1) is 0 Å². The molecule has 0 radical (unpaired) electrons. The molecule has 25 heavy (non-hydrogen) atoms. The van der Waals surface area contributed by atoms with Crippen LogP contribution in [0.2, 0.25) is 0 Å². The lowest BCUT2D eigenvalue weighted by atomic mass is 9.87. The molecule has 0 saturated heterocycles. The van der Waals surface area contributed by atoms with E-state index in [1.807, 2.05) is 6.07 Å². The Hall–Kier alpha value is -2.49. The van der Waals surface area contributed by atoms with Gasteiger partial charge in [-0.05, 0) is 56.0 Å². The number of para-hydroxylation sites is 1. The summed E-state index contributed by atoms with van der Waals surface area (Å²) in [5.41, 5.74) is 0.955. The van der Waals surface area contributed by atoms with Crippen molar-refractivity contribution in [3.05, 3.63) is 59.4 Å². The quantitative estimate of drug-likeness (QED) is 0.467. The van der Waals surface area contributed by atoms with Crippen molar-refractivity contribution < 1.29 is 14.3 Å². The largest absolute Gasteiger partial charge is 0.425 e. The highest BCUT2D eigenvalue weighted by Gasteiger charge is 2.26. The van der Waals surface area contributed by atoms with Crippen LogP contribution in [0.4, 0.5) is 0 Å². The Labute approximate surface area is 149 Å². The fourth-order valence-corrected chi connectivity index (χ4v) is 2.16. The number of ketones is 1. The van der Waals surface area contributed by atoms with Crippen molar-refractivity contribution in [3.8, 4) is 5.75 Å². The van der Waals surface area contributed by atoms with E-state index in [1.165, 1.54) is 0 Å². The van der Waals surface area contributed by atoms with E-state index in [-0.39, 0.29) is 22.9 Å². The molecule has 0 bridgehead atoms. The molecule has 0 spiro atoms. The van der Waals surface area contributed by atoms with E-state index in [2.05, 4.69) is 25.8 Å². The van der Waals surface area contributed by atoms with E-state index < -0.39 is 5.41 Å². The predicted octanol–water partition coefficient (Wildman–Crippen LogP) is 4.56. The van der Waals surface area contributed by atoms with Crippen LogP contribution in [0.25, 0.3) is 0 Å². The van der Waals surface area contributed by atoms with Crippen molar-refractivity contribution >= 4 is 11.8 Å².